The van der Waals surface area contributed by atoms with Gasteiger partial charge in [-0.1, -0.05) is 13.8 Å². The summed E-state index contributed by atoms with van der Waals surface area (Å²) in [5.74, 6) is -0.0633. The van der Waals surface area contributed by atoms with Gasteiger partial charge in [0.2, 0.25) is 0 Å². The summed E-state index contributed by atoms with van der Waals surface area (Å²) in [6.07, 6.45) is 3.20. The number of urea groups is 1. The standard InChI is InChI=1S/C11H15N3O2/c1-8(2)11(16)7-13-10(15)14(11)9-4-3-5-12-6-9/h3-6,8,16H,7H2,1-2H3,(H,13,15). The number of aromatic nitrogens is 1. The second-order valence-corrected chi connectivity index (χ2v) is 4.24. The van der Waals surface area contributed by atoms with Crippen molar-refractivity contribution in [1.82, 2.24) is 10.3 Å². The van der Waals surface area contributed by atoms with Crippen LogP contribution in [0.25, 0.3) is 0 Å². The van der Waals surface area contributed by atoms with Crippen LogP contribution in [0.1, 0.15) is 13.8 Å². The molecule has 0 aromatic carbocycles. The first-order valence-electron chi connectivity index (χ1n) is 5.26. The second-order valence-electron chi connectivity index (χ2n) is 4.24. The monoisotopic (exact) mass is 221 g/mol. The lowest BCUT2D eigenvalue weighted by atomic mass is 9.99. The Balaban J connectivity index is 2.41. The number of aliphatic hydroxyl groups is 1. The van der Waals surface area contributed by atoms with Gasteiger partial charge in [0.05, 0.1) is 18.4 Å². The van der Waals surface area contributed by atoms with Gasteiger partial charge in [-0.2, -0.15) is 0 Å². The van der Waals surface area contributed by atoms with Crippen LogP contribution in [0.2, 0.25) is 0 Å². The highest BCUT2D eigenvalue weighted by Crippen LogP contribution is 2.30. The first-order chi connectivity index (χ1) is 7.55. The minimum absolute atomic E-state index is 0.0633. The van der Waals surface area contributed by atoms with Gasteiger partial charge in [-0.25, -0.2) is 4.79 Å². The van der Waals surface area contributed by atoms with Gasteiger partial charge in [0.1, 0.15) is 0 Å². The maximum Gasteiger partial charge on any atom is 0.324 e. The molecule has 0 radical (unpaired) electrons. The van der Waals surface area contributed by atoms with E-state index >= 15 is 0 Å². The maximum absolute atomic E-state index is 11.7. The molecule has 2 rings (SSSR count). The van der Waals surface area contributed by atoms with E-state index in [4.69, 9.17) is 0 Å². The Morgan fingerprint density at radius 2 is 2.38 bits per heavy atom. The number of nitrogens with zero attached hydrogens (tertiary/aromatic N) is 2. The predicted molar refractivity (Wildman–Crippen MR) is 59.9 cm³/mol. The number of β-amino-alcohol motifs (C(OH)–C–C–N with tert-alkyl or cyclic N) is 1. The molecule has 0 aliphatic carbocycles. The van der Waals surface area contributed by atoms with Crippen molar-refractivity contribution in [3.63, 3.8) is 0 Å². The summed E-state index contributed by atoms with van der Waals surface area (Å²) >= 11 is 0. The molecule has 16 heavy (non-hydrogen) atoms. The van der Waals surface area contributed by atoms with Crippen molar-refractivity contribution in [2.24, 2.45) is 5.92 Å². The fraction of sp³-hybridized carbons (Fsp3) is 0.455. The van der Waals surface area contributed by atoms with Crippen LogP contribution in [0.4, 0.5) is 10.5 Å². The summed E-state index contributed by atoms with van der Waals surface area (Å²) in [5.41, 5.74) is -0.575. The Morgan fingerprint density at radius 3 is 2.94 bits per heavy atom. The topological polar surface area (TPSA) is 65.5 Å². The molecule has 1 aromatic heterocycles. The smallest absolute Gasteiger partial charge is 0.324 e. The number of carbonyl (C=O) groups is 1. The lowest BCUT2D eigenvalue weighted by molar-refractivity contribution is 0.0193. The van der Waals surface area contributed by atoms with E-state index in [2.05, 4.69) is 10.3 Å². The number of carbonyl (C=O) groups excluding carboxylic acids is 1. The van der Waals surface area contributed by atoms with Gasteiger partial charge in [0.15, 0.2) is 5.72 Å². The van der Waals surface area contributed by atoms with Crippen LogP contribution >= 0.6 is 0 Å². The predicted octanol–water partition coefficient (Wildman–Crippen LogP) is 0.956. The quantitative estimate of drug-likeness (QED) is 0.781. The fourth-order valence-corrected chi connectivity index (χ4v) is 1.83. The van der Waals surface area contributed by atoms with Crippen molar-refractivity contribution in [2.75, 3.05) is 11.4 Å². The maximum atomic E-state index is 11.7. The zero-order valence-electron chi connectivity index (χ0n) is 9.34. The van der Waals surface area contributed by atoms with E-state index in [-0.39, 0.29) is 18.5 Å². The molecule has 1 aliphatic rings. The Morgan fingerprint density at radius 1 is 1.62 bits per heavy atom. The molecule has 86 valence electrons. The molecule has 5 heteroatoms. The van der Waals surface area contributed by atoms with Gasteiger partial charge < -0.3 is 10.4 Å². The zero-order valence-corrected chi connectivity index (χ0v) is 9.34. The minimum atomic E-state index is -1.18. The van der Waals surface area contributed by atoms with Crippen LogP contribution in [0, 0.1) is 5.92 Å². The molecule has 1 aromatic rings. The molecule has 1 saturated heterocycles. The summed E-state index contributed by atoms with van der Waals surface area (Å²) in [5, 5.41) is 13.1. The number of amides is 2. The van der Waals surface area contributed by atoms with Crippen molar-refractivity contribution >= 4 is 11.7 Å². The van der Waals surface area contributed by atoms with E-state index < -0.39 is 5.72 Å². The van der Waals surface area contributed by atoms with Gasteiger partial charge >= 0.3 is 6.03 Å². The number of nitrogens with one attached hydrogen (secondary N) is 1. The Hall–Kier alpha value is -1.62. The third-order valence-corrected chi connectivity index (χ3v) is 2.92. The Bertz CT molecular complexity index is 393. The molecule has 1 atom stereocenters. The molecular weight excluding hydrogens is 206 g/mol. The van der Waals surface area contributed by atoms with Crippen LogP contribution in [0.15, 0.2) is 24.5 Å². The summed E-state index contributed by atoms with van der Waals surface area (Å²) in [4.78, 5) is 17.0. The Labute approximate surface area is 94.1 Å². The SMILES string of the molecule is CC(C)C1(O)CNC(=O)N1c1cccnc1. The summed E-state index contributed by atoms with van der Waals surface area (Å²) < 4.78 is 0. The highest BCUT2D eigenvalue weighted by Gasteiger charge is 2.47. The number of anilines is 1. The van der Waals surface area contributed by atoms with E-state index in [1.165, 1.54) is 4.90 Å². The van der Waals surface area contributed by atoms with Gasteiger partial charge in [0, 0.05) is 12.1 Å². The molecule has 2 N–H and O–H groups in total. The van der Waals surface area contributed by atoms with Crippen molar-refractivity contribution in [2.45, 2.75) is 19.6 Å². The van der Waals surface area contributed by atoms with Crippen molar-refractivity contribution in [1.29, 1.82) is 0 Å². The van der Waals surface area contributed by atoms with E-state index in [1.54, 1.807) is 24.5 Å². The first-order valence-corrected chi connectivity index (χ1v) is 5.26. The summed E-state index contributed by atoms with van der Waals surface area (Å²) in [6.45, 7) is 3.99. The van der Waals surface area contributed by atoms with Crippen LogP contribution in [-0.2, 0) is 0 Å². The first kappa shape index (κ1) is 10.9. The Kier molecular flexibility index (Phi) is 2.55. The average molecular weight is 221 g/mol. The van der Waals surface area contributed by atoms with E-state index in [0.29, 0.717) is 5.69 Å². The molecule has 1 aliphatic heterocycles. The average Bonchev–Trinajstić information content (AvgIpc) is 2.57. The lowest BCUT2D eigenvalue weighted by Crippen LogP contribution is -2.51. The highest BCUT2D eigenvalue weighted by molar-refractivity contribution is 5.95. The third kappa shape index (κ3) is 1.53. The van der Waals surface area contributed by atoms with E-state index in [9.17, 15) is 9.90 Å². The van der Waals surface area contributed by atoms with Crippen molar-refractivity contribution < 1.29 is 9.90 Å². The van der Waals surface area contributed by atoms with Crippen molar-refractivity contribution in [3.8, 4) is 0 Å². The number of pyridine rings is 1. The number of hydrogen-bond donors (Lipinski definition) is 2. The molecule has 2 amide bonds. The third-order valence-electron chi connectivity index (χ3n) is 2.92. The molecule has 0 saturated carbocycles. The van der Waals surface area contributed by atoms with Gasteiger partial charge in [-0.3, -0.25) is 9.88 Å². The van der Waals surface area contributed by atoms with Crippen LogP contribution in [-0.4, -0.2) is 28.4 Å². The molecule has 0 spiro atoms. The van der Waals surface area contributed by atoms with E-state index in [0.717, 1.165) is 0 Å². The molecular formula is C11H15N3O2. The molecule has 0 bridgehead atoms. The van der Waals surface area contributed by atoms with Gasteiger partial charge in [0.25, 0.3) is 0 Å². The van der Waals surface area contributed by atoms with Crippen LogP contribution in [0.5, 0.6) is 0 Å². The fourth-order valence-electron chi connectivity index (χ4n) is 1.83. The normalized spacial score (nSPS) is 25.0. The van der Waals surface area contributed by atoms with Crippen molar-refractivity contribution in [3.05, 3.63) is 24.5 Å². The second kappa shape index (κ2) is 3.75. The van der Waals surface area contributed by atoms with Gasteiger partial charge in [-0.05, 0) is 12.1 Å². The van der Waals surface area contributed by atoms with Gasteiger partial charge in [-0.15, -0.1) is 0 Å². The molecule has 2 heterocycles. The highest BCUT2D eigenvalue weighted by atomic mass is 16.3. The lowest BCUT2D eigenvalue weighted by Gasteiger charge is -2.35. The minimum Gasteiger partial charge on any atom is -0.368 e. The van der Waals surface area contributed by atoms with Crippen LogP contribution in [0.3, 0.4) is 0 Å². The number of rotatable bonds is 2. The molecule has 1 unspecified atom stereocenters. The molecule has 1 fully saturated rings. The summed E-state index contributed by atoms with van der Waals surface area (Å²) in [7, 11) is 0. The van der Waals surface area contributed by atoms with Crippen LogP contribution < -0.4 is 10.2 Å². The summed E-state index contributed by atoms with van der Waals surface area (Å²) in [6, 6.07) is 3.21. The van der Waals surface area contributed by atoms with E-state index in [1.807, 2.05) is 13.8 Å². The zero-order chi connectivity index (χ0) is 11.8. The number of hydrogen-bond acceptors (Lipinski definition) is 3. The largest absolute Gasteiger partial charge is 0.368 e. The molecule has 5 nitrogen and oxygen atoms in total.